The quantitative estimate of drug-likeness (QED) is 0.860. The van der Waals surface area contributed by atoms with Gasteiger partial charge in [-0.25, -0.2) is 0 Å². The number of benzene rings is 1. The van der Waals surface area contributed by atoms with Gasteiger partial charge in [-0.15, -0.1) is 0 Å². The summed E-state index contributed by atoms with van der Waals surface area (Å²) in [6, 6.07) is 6.32. The first kappa shape index (κ1) is 10.0. The molecule has 0 atom stereocenters. The zero-order valence-electron chi connectivity index (χ0n) is 8.52. The molecule has 1 aromatic carbocycles. The molecule has 0 bridgehead atoms. The maximum atomic E-state index is 3.54. The van der Waals surface area contributed by atoms with Crippen molar-refractivity contribution in [2.45, 2.75) is 26.2 Å². The SMILES string of the molecule is Cc1c(Br)cccc1NCC1CCC1. The molecule has 1 saturated carbocycles. The molecular weight excluding hydrogens is 238 g/mol. The lowest BCUT2D eigenvalue weighted by molar-refractivity contribution is 0.333. The third-order valence-corrected chi connectivity index (χ3v) is 3.93. The second kappa shape index (κ2) is 4.35. The topological polar surface area (TPSA) is 12.0 Å². The first-order valence-corrected chi connectivity index (χ1v) is 6.05. The fraction of sp³-hybridized carbons (Fsp3) is 0.500. The Hall–Kier alpha value is -0.500. The van der Waals surface area contributed by atoms with E-state index in [9.17, 15) is 0 Å². The van der Waals surface area contributed by atoms with E-state index in [2.05, 4.69) is 46.4 Å². The molecule has 0 saturated heterocycles. The van der Waals surface area contributed by atoms with Gasteiger partial charge in [-0.1, -0.05) is 28.4 Å². The molecular formula is C12H16BrN. The monoisotopic (exact) mass is 253 g/mol. The van der Waals surface area contributed by atoms with Crippen molar-refractivity contribution < 1.29 is 0 Å². The molecule has 1 aromatic rings. The van der Waals surface area contributed by atoms with E-state index in [4.69, 9.17) is 0 Å². The van der Waals surface area contributed by atoms with E-state index in [1.807, 2.05) is 0 Å². The third kappa shape index (κ3) is 2.11. The van der Waals surface area contributed by atoms with Crippen LogP contribution in [0.4, 0.5) is 5.69 Å². The zero-order chi connectivity index (χ0) is 9.97. The van der Waals surface area contributed by atoms with Crippen molar-refractivity contribution in [3.63, 3.8) is 0 Å². The van der Waals surface area contributed by atoms with Crippen molar-refractivity contribution in [2.24, 2.45) is 5.92 Å². The molecule has 1 fully saturated rings. The summed E-state index contributed by atoms with van der Waals surface area (Å²) in [7, 11) is 0. The molecule has 1 N–H and O–H groups in total. The van der Waals surface area contributed by atoms with Gasteiger partial charge in [0, 0.05) is 16.7 Å². The van der Waals surface area contributed by atoms with Crippen LogP contribution in [0.15, 0.2) is 22.7 Å². The number of nitrogens with one attached hydrogen (secondary N) is 1. The maximum Gasteiger partial charge on any atom is 0.0381 e. The van der Waals surface area contributed by atoms with E-state index in [0.717, 1.165) is 12.5 Å². The average Bonchev–Trinajstić information content (AvgIpc) is 2.09. The Kier molecular flexibility index (Phi) is 3.12. The molecule has 0 aliphatic heterocycles. The standard InChI is InChI=1S/C12H16BrN/c1-9-11(13)6-3-7-12(9)14-8-10-4-2-5-10/h3,6-7,10,14H,2,4-5,8H2,1H3. The lowest BCUT2D eigenvalue weighted by Crippen LogP contribution is -2.21. The Bertz CT molecular complexity index is 318. The molecule has 14 heavy (non-hydrogen) atoms. The van der Waals surface area contributed by atoms with Crippen LogP contribution in [-0.4, -0.2) is 6.54 Å². The number of rotatable bonds is 3. The highest BCUT2D eigenvalue weighted by molar-refractivity contribution is 9.10. The number of anilines is 1. The predicted octanol–water partition coefficient (Wildman–Crippen LogP) is 3.97. The molecule has 0 amide bonds. The molecule has 1 aliphatic rings. The molecule has 2 rings (SSSR count). The third-order valence-electron chi connectivity index (χ3n) is 3.07. The fourth-order valence-corrected chi connectivity index (χ4v) is 2.12. The van der Waals surface area contributed by atoms with Crippen molar-refractivity contribution in [1.29, 1.82) is 0 Å². The average molecular weight is 254 g/mol. The summed E-state index contributed by atoms with van der Waals surface area (Å²) >= 11 is 3.54. The van der Waals surface area contributed by atoms with Gasteiger partial charge in [-0.2, -0.15) is 0 Å². The Morgan fingerprint density at radius 2 is 2.21 bits per heavy atom. The highest BCUT2D eigenvalue weighted by atomic mass is 79.9. The Labute approximate surface area is 94.0 Å². The smallest absolute Gasteiger partial charge is 0.0381 e. The van der Waals surface area contributed by atoms with Crippen molar-refractivity contribution >= 4 is 21.6 Å². The van der Waals surface area contributed by atoms with Gasteiger partial charge in [-0.3, -0.25) is 0 Å². The van der Waals surface area contributed by atoms with Gasteiger partial charge in [-0.05, 0) is 43.4 Å². The normalized spacial score (nSPS) is 16.4. The van der Waals surface area contributed by atoms with E-state index in [1.54, 1.807) is 0 Å². The summed E-state index contributed by atoms with van der Waals surface area (Å²) in [5.41, 5.74) is 2.58. The van der Waals surface area contributed by atoms with Crippen molar-refractivity contribution in [1.82, 2.24) is 0 Å². The van der Waals surface area contributed by atoms with Crippen LogP contribution in [0, 0.1) is 12.8 Å². The van der Waals surface area contributed by atoms with Crippen LogP contribution in [0.3, 0.4) is 0 Å². The minimum absolute atomic E-state index is 0.911. The van der Waals surface area contributed by atoms with Gasteiger partial charge >= 0.3 is 0 Å². The molecule has 1 aliphatic carbocycles. The molecule has 0 spiro atoms. The first-order valence-electron chi connectivity index (χ1n) is 5.26. The summed E-state index contributed by atoms with van der Waals surface area (Å²) in [4.78, 5) is 0. The van der Waals surface area contributed by atoms with Gasteiger partial charge in [0.2, 0.25) is 0 Å². The summed E-state index contributed by atoms with van der Waals surface area (Å²) in [6.45, 7) is 3.28. The van der Waals surface area contributed by atoms with Crippen LogP contribution in [-0.2, 0) is 0 Å². The largest absolute Gasteiger partial charge is 0.385 e. The van der Waals surface area contributed by atoms with Gasteiger partial charge < -0.3 is 5.32 Å². The van der Waals surface area contributed by atoms with E-state index < -0.39 is 0 Å². The van der Waals surface area contributed by atoms with Crippen LogP contribution in [0.2, 0.25) is 0 Å². The highest BCUT2D eigenvalue weighted by Crippen LogP contribution is 2.28. The first-order chi connectivity index (χ1) is 6.77. The Balaban J connectivity index is 1.97. The second-order valence-electron chi connectivity index (χ2n) is 4.09. The van der Waals surface area contributed by atoms with Crippen LogP contribution < -0.4 is 5.32 Å². The lowest BCUT2D eigenvalue weighted by atomic mass is 9.85. The lowest BCUT2D eigenvalue weighted by Gasteiger charge is -2.26. The molecule has 1 nitrogen and oxygen atoms in total. The highest BCUT2D eigenvalue weighted by Gasteiger charge is 2.16. The number of hydrogen-bond donors (Lipinski definition) is 1. The zero-order valence-corrected chi connectivity index (χ0v) is 10.1. The Morgan fingerprint density at radius 3 is 2.86 bits per heavy atom. The molecule has 0 heterocycles. The molecule has 0 aromatic heterocycles. The van der Waals surface area contributed by atoms with E-state index in [-0.39, 0.29) is 0 Å². The predicted molar refractivity (Wildman–Crippen MR) is 64.7 cm³/mol. The van der Waals surface area contributed by atoms with Crippen LogP contribution in [0.5, 0.6) is 0 Å². The summed E-state index contributed by atoms with van der Waals surface area (Å²) < 4.78 is 1.19. The van der Waals surface area contributed by atoms with Crippen LogP contribution >= 0.6 is 15.9 Å². The van der Waals surface area contributed by atoms with Crippen LogP contribution in [0.25, 0.3) is 0 Å². The molecule has 0 unspecified atom stereocenters. The number of hydrogen-bond acceptors (Lipinski definition) is 1. The van der Waals surface area contributed by atoms with Gasteiger partial charge in [0.25, 0.3) is 0 Å². The van der Waals surface area contributed by atoms with Crippen LogP contribution in [0.1, 0.15) is 24.8 Å². The van der Waals surface area contributed by atoms with E-state index in [0.29, 0.717) is 0 Å². The van der Waals surface area contributed by atoms with Crippen molar-refractivity contribution in [3.8, 4) is 0 Å². The fourth-order valence-electron chi connectivity index (χ4n) is 1.75. The second-order valence-corrected chi connectivity index (χ2v) is 4.94. The van der Waals surface area contributed by atoms with Gasteiger partial charge in [0.05, 0.1) is 0 Å². The minimum atomic E-state index is 0.911. The number of halogens is 1. The van der Waals surface area contributed by atoms with Gasteiger partial charge in [0.1, 0.15) is 0 Å². The maximum absolute atomic E-state index is 3.54. The Morgan fingerprint density at radius 1 is 1.43 bits per heavy atom. The van der Waals surface area contributed by atoms with E-state index in [1.165, 1.54) is 35.0 Å². The minimum Gasteiger partial charge on any atom is -0.385 e. The van der Waals surface area contributed by atoms with Gasteiger partial charge in [0.15, 0.2) is 0 Å². The van der Waals surface area contributed by atoms with E-state index >= 15 is 0 Å². The van der Waals surface area contributed by atoms with Crippen molar-refractivity contribution in [2.75, 3.05) is 11.9 Å². The summed E-state index contributed by atoms with van der Waals surface area (Å²) in [6.07, 6.45) is 4.23. The van der Waals surface area contributed by atoms with Crippen molar-refractivity contribution in [3.05, 3.63) is 28.2 Å². The molecule has 2 heteroatoms. The summed E-state index contributed by atoms with van der Waals surface area (Å²) in [5.74, 6) is 0.911. The molecule has 0 radical (unpaired) electrons. The summed E-state index contributed by atoms with van der Waals surface area (Å²) in [5, 5.41) is 3.53. The molecule has 76 valence electrons.